The molecule has 2 rings (SSSR count). The van der Waals surface area contributed by atoms with Crippen molar-refractivity contribution in [3.05, 3.63) is 35.9 Å². The lowest BCUT2D eigenvalue weighted by Gasteiger charge is -2.00. The Kier molecular flexibility index (Phi) is 2.76. The summed E-state index contributed by atoms with van der Waals surface area (Å²) in [5.74, 6) is 0.822. The van der Waals surface area contributed by atoms with Crippen LogP contribution in [0.5, 0.6) is 0 Å². The first kappa shape index (κ1) is 10.2. The van der Waals surface area contributed by atoms with E-state index in [1.807, 2.05) is 25.1 Å². The molecule has 0 heterocycles. The Morgan fingerprint density at radius 1 is 1.33 bits per heavy atom. The van der Waals surface area contributed by atoms with Gasteiger partial charge < -0.3 is 4.74 Å². The highest BCUT2D eigenvalue weighted by atomic mass is 16.5. The summed E-state index contributed by atoms with van der Waals surface area (Å²) in [6.07, 6.45) is 0. The number of esters is 1. The van der Waals surface area contributed by atoms with E-state index in [9.17, 15) is 4.79 Å². The van der Waals surface area contributed by atoms with Gasteiger partial charge in [0.05, 0.1) is 12.5 Å². The minimum absolute atomic E-state index is 0.0427. The van der Waals surface area contributed by atoms with Crippen LogP contribution in [-0.4, -0.2) is 12.6 Å². The molecule has 1 aromatic rings. The molecule has 1 aromatic carbocycles. The second kappa shape index (κ2) is 4.05. The third kappa shape index (κ3) is 1.89. The molecule has 80 valence electrons. The normalized spacial score (nSPS) is 28.5. The molecule has 0 amide bonds. The molecule has 0 bridgehead atoms. The van der Waals surface area contributed by atoms with Gasteiger partial charge in [0.2, 0.25) is 0 Å². The van der Waals surface area contributed by atoms with Crippen molar-refractivity contribution in [2.45, 2.75) is 19.8 Å². The van der Waals surface area contributed by atoms with E-state index >= 15 is 0 Å². The molecule has 15 heavy (non-hydrogen) atoms. The topological polar surface area (TPSA) is 26.3 Å². The number of rotatable bonds is 3. The van der Waals surface area contributed by atoms with Crippen LogP contribution in [-0.2, 0) is 9.53 Å². The molecule has 1 saturated carbocycles. The summed E-state index contributed by atoms with van der Waals surface area (Å²) in [5, 5.41) is 0. The van der Waals surface area contributed by atoms with Crippen LogP contribution in [0.2, 0.25) is 0 Å². The lowest BCUT2D eigenvalue weighted by molar-refractivity contribution is -0.145. The quantitative estimate of drug-likeness (QED) is 0.707. The van der Waals surface area contributed by atoms with Crippen molar-refractivity contribution in [2.75, 3.05) is 6.61 Å². The number of hydrogen-bond acceptors (Lipinski definition) is 2. The summed E-state index contributed by atoms with van der Waals surface area (Å²) >= 11 is 0. The molecule has 2 nitrogen and oxygen atoms in total. The number of carbonyl (C=O) groups excluding carboxylic acids is 1. The van der Waals surface area contributed by atoms with Gasteiger partial charge in [-0.2, -0.15) is 0 Å². The van der Waals surface area contributed by atoms with E-state index in [0.717, 1.165) is 0 Å². The maximum absolute atomic E-state index is 11.6. The SMILES string of the molecule is CCOC(=O)[C@H]1[C@H](C)[C@H]1c1ccccc1. The Morgan fingerprint density at radius 3 is 2.60 bits per heavy atom. The third-order valence-corrected chi connectivity index (χ3v) is 3.12. The van der Waals surface area contributed by atoms with Crippen LogP contribution in [0.4, 0.5) is 0 Å². The minimum atomic E-state index is -0.0427. The average Bonchev–Trinajstić information content (AvgIpc) is 2.92. The Balaban J connectivity index is 2.06. The van der Waals surface area contributed by atoms with E-state index in [0.29, 0.717) is 18.4 Å². The summed E-state index contributed by atoms with van der Waals surface area (Å²) < 4.78 is 5.05. The van der Waals surface area contributed by atoms with Gasteiger partial charge in [-0.1, -0.05) is 37.3 Å². The molecule has 0 saturated heterocycles. The van der Waals surface area contributed by atoms with Crippen LogP contribution in [0.1, 0.15) is 25.3 Å². The molecule has 3 atom stereocenters. The van der Waals surface area contributed by atoms with E-state index in [1.54, 1.807) is 0 Å². The molecule has 0 spiro atoms. The fourth-order valence-corrected chi connectivity index (χ4v) is 2.25. The smallest absolute Gasteiger partial charge is 0.309 e. The molecule has 0 N–H and O–H groups in total. The maximum atomic E-state index is 11.6. The Morgan fingerprint density at radius 2 is 2.00 bits per heavy atom. The number of carbonyl (C=O) groups is 1. The Bertz CT molecular complexity index is 345. The number of hydrogen-bond donors (Lipinski definition) is 0. The van der Waals surface area contributed by atoms with Gasteiger partial charge in [-0.3, -0.25) is 4.79 Å². The zero-order valence-electron chi connectivity index (χ0n) is 9.14. The first-order valence-electron chi connectivity index (χ1n) is 5.47. The summed E-state index contributed by atoms with van der Waals surface area (Å²) in [5.41, 5.74) is 1.25. The highest BCUT2D eigenvalue weighted by Gasteiger charge is 2.53. The number of benzene rings is 1. The number of ether oxygens (including phenoxy) is 1. The first-order chi connectivity index (χ1) is 7.25. The van der Waals surface area contributed by atoms with Gasteiger partial charge in [0, 0.05) is 5.92 Å². The van der Waals surface area contributed by atoms with Crippen molar-refractivity contribution in [3.8, 4) is 0 Å². The fourth-order valence-electron chi connectivity index (χ4n) is 2.25. The van der Waals surface area contributed by atoms with Gasteiger partial charge in [0.15, 0.2) is 0 Å². The summed E-state index contributed by atoms with van der Waals surface area (Å²) in [7, 11) is 0. The van der Waals surface area contributed by atoms with E-state index in [-0.39, 0.29) is 11.9 Å². The van der Waals surface area contributed by atoms with Crippen LogP contribution >= 0.6 is 0 Å². The minimum Gasteiger partial charge on any atom is -0.466 e. The first-order valence-corrected chi connectivity index (χ1v) is 5.47. The highest BCUT2D eigenvalue weighted by molar-refractivity contribution is 5.78. The van der Waals surface area contributed by atoms with Crippen LogP contribution in [0.3, 0.4) is 0 Å². The van der Waals surface area contributed by atoms with E-state index in [2.05, 4.69) is 19.1 Å². The van der Waals surface area contributed by atoms with E-state index in [4.69, 9.17) is 4.74 Å². The second-order valence-electron chi connectivity index (χ2n) is 4.07. The van der Waals surface area contributed by atoms with Crippen LogP contribution < -0.4 is 0 Å². The monoisotopic (exact) mass is 204 g/mol. The van der Waals surface area contributed by atoms with Crippen molar-refractivity contribution in [2.24, 2.45) is 11.8 Å². The second-order valence-corrected chi connectivity index (χ2v) is 4.07. The van der Waals surface area contributed by atoms with Crippen LogP contribution in [0.15, 0.2) is 30.3 Å². The standard InChI is InChI=1S/C13H16O2/c1-3-15-13(14)12-9(2)11(12)10-7-5-4-6-8-10/h4-9,11-12H,3H2,1-2H3/t9-,11+,12+/m1/s1. The van der Waals surface area contributed by atoms with Gasteiger partial charge in [0.25, 0.3) is 0 Å². The molecule has 0 unspecified atom stereocenters. The highest BCUT2D eigenvalue weighted by Crippen LogP contribution is 2.54. The molecule has 0 radical (unpaired) electrons. The summed E-state index contributed by atoms with van der Waals surface area (Å²) in [4.78, 5) is 11.6. The predicted octanol–water partition coefficient (Wildman–Crippen LogP) is 2.60. The largest absolute Gasteiger partial charge is 0.466 e. The van der Waals surface area contributed by atoms with Gasteiger partial charge in [-0.25, -0.2) is 0 Å². The fraction of sp³-hybridized carbons (Fsp3) is 0.462. The molecule has 2 heteroatoms. The Labute approximate surface area is 90.3 Å². The predicted molar refractivity (Wildman–Crippen MR) is 58.5 cm³/mol. The van der Waals surface area contributed by atoms with Crippen molar-refractivity contribution >= 4 is 5.97 Å². The molecular formula is C13H16O2. The molecule has 1 aliphatic rings. The van der Waals surface area contributed by atoms with E-state index < -0.39 is 0 Å². The molecular weight excluding hydrogens is 188 g/mol. The van der Waals surface area contributed by atoms with Gasteiger partial charge >= 0.3 is 5.97 Å². The van der Waals surface area contributed by atoms with Crippen molar-refractivity contribution in [3.63, 3.8) is 0 Å². The Hall–Kier alpha value is -1.31. The lowest BCUT2D eigenvalue weighted by atomic mass is 10.1. The summed E-state index contributed by atoms with van der Waals surface area (Å²) in [6, 6.07) is 10.2. The molecule has 1 aliphatic carbocycles. The van der Waals surface area contributed by atoms with Gasteiger partial charge in [-0.15, -0.1) is 0 Å². The van der Waals surface area contributed by atoms with Crippen LogP contribution in [0, 0.1) is 11.8 Å². The summed E-state index contributed by atoms with van der Waals surface area (Å²) in [6.45, 7) is 4.44. The van der Waals surface area contributed by atoms with Crippen molar-refractivity contribution in [1.82, 2.24) is 0 Å². The van der Waals surface area contributed by atoms with Crippen molar-refractivity contribution < 1.29 is 9.53 Å². The zero-order valence-corrected chi connectivity index (χ0v) is 9.14. The molecule has 0 aromatic heterocycles. The average molecular weight is 204 g/mol. The lowest BCUT2D eigenvalue weighted by Crippen LogP contribution is -2.07. The zero-order chi connectivity index (χ0) is 10.8. The van der Waals surface area contributed by atoms with Gasteiger partial charge in [0.1, 0.15) is 0 Å². The maximum Gasteiger partial charge on any atom is 0.309 e. The molecule has 0 aliphatic heterocycles. The van der Waals surface area contributed by atoms with Gasteiger partial charge in [-0.05, 0) is 18.4 Å². The molecule has 1 fully saturated rings. The van der Waals surface area contributed by atoms with E-state index in [1.165, 1.54) is 5.56 Å². The third-order valence-electron chi connectivity index (χ3n) is 3.12. The van der Waals surface area contributed by atoms with Crippen LogP contribution in [0.25, 0.3) is 0 Å². The van der Waals surface area contributed by atoms with Crippen molar-refractivity contribution in [1.29, 1.82) is 0 Å².